The Morgan fingerprint density at radius 3 is 2.50 bits per heavy atom. The van der Waals surface area contributed by atoms with Gasteiger partial charge < -0.3 is 10.6 Å². The third-order valence-electron chi connectivity index (χ3n) is 2.18. The highest BCUT2D eigenvalue weighted by molar-refractivity contribution is 5.88. The highest BCUT2D eigenvalue weighted by Gasteiger charge is 2.33. The lowest BCUT2D eigenvalue weighted by Gasteiger charge is -2.20. The quantitative estimate of drug-likeness (QED) is 0.620. The molecule has 0 aromatic heterocycles. The molecule has 1 atom stereocenters. The van der Waals surface area contributed by atoms with Gasteiger partial charge in [-0.1, -0.05) is 0 Å². The minimum absolute atomic E-state index is 0.0359. The molecular weight excluding hydrogens is 156 g/mol. The standard InChI is InChI=1S/C8H14N2O2/c1-5(2)10-4-6(8(9)12)3-7(10)11/h5-6H,3-4H2,1-2H3,(H2,9,12)/t6-/m1/s1. The zero-order valence-electron chi connectivity index (χ0n) is 7.41. The van der Waals surface area contributed by atoms with E-state index in [2.05, 4.69) is 0 Å². The van der Waals surface area contributed by atoms with Crippen LogP contribution in [-0.2, 0) is 9.59 Å². The van der Waals surface area contributed by atoms with Crippen LogP contribution in [0.25, 0.3) is 0 Å². The summed E-state index contributed by atoms with van der Waals surface area (Å²) < 4.78 is 0. The number of rotatable bonds is 2. The molecule has 1 fully saturated rings. The normalized spacial score (nSPS) is 23.8. The van der Waals surface area contributed by atoms with Crippen molar-refractivity contribution in [2.45, 2.75) is 26.3 Å². The fraction of sp³-hybridized carbons (Fsp3) is 0.750. The van der Waals surface area contributed by atoms with Crippen molar-refractivity contribution in [1.29, 1.82) is 0 Å². The van der Waals surface area contributed by atoms with Gasteiger partial charge in [0.2, 0.25) is 11.8 Å². The molecule has 1 aliphatic rings. The molecule has 0 aliphatic carbocycles. The van der Waals surface area contributed by atoms with Gasteiger partial charge in [-0.25, -0.2) is 0 Å². The number of hydrogen-bond acceptors (Lipinski definition) is 2. The summed E-state index contributed by atoms with van der Waals surface area (Å²) in [6.45, 7) is 4.36. The number of carbonyl (C=O) groups is 2. The zero-order chi connectivity index (χ0) is 9.30. The first kappa shape index (κ1) is 9.03. The van der Waals surface area contributed by atoms with E-state index < -0.39 is 0 Å². The molecule has 0 spiro atoms. The maximum Gasteiger partial charge on any atom is 0.223 e. The third-order valence-corrected chi connectivity index (χ3v) is 2.18. The van der Waals surface area contributed by atoms with E-state index in [9.17, 15) is 9.59 Å². The Balaban J connectivity index is 2.62. The van der Waals surface area contributed by atoms with Crippen LogP contribution in [0.2, 0.25) is 0 Å². The Morgan fingerprint density at radius 2 is 2.25 bits per heavy atom. The van der Waals surface area contributed by atoms with Crippen LogP contribution >= 0.6 is 0 Å². The van der Waals surface area contributed by atoms with Gasteiger partial charge in [-0.05, 0) is 13.8 Å². The summed E-state index contributed by atoms with van der Waals surface area (Å²) in [5.41, 5.74) is 5.10. The maximum atomic E-state index is 11.2. The molecule has 0 radical (unpaired) electrons. The van der Waals surface area contributed by atoms with Crippen LogP contribution in [0.1, 0.15) is 20.3 Å². The second kappa shape index (κ2) is 3.13. The molecule has 0 bridgehead atoms. The van der Waals surface area contributed by atoms with E-state index in [0.717, 1.165) is 0 Å². The Labute approximate surface area is 71.7 Å². The predicted molar refractivity (Wildman–Crippen MR) is 44.2 cm³/mol. The van der Waals surface area contributed by atoms with Gasteiger partial charge in [0.15, 0.2) is 0 Å². The van der Waals surface area contributed by atoms with Crippen molar-refractivity contribution in [3.8, 4) is 0 Å². The molecule has 0 aromatic carbocycles. The summed E-state index contributed by atoms with van der Waals surface area (Å²) in [5, 5.41) is 0. The monoisotopic (exact) mass is 170 g/mol. The number of nitrogens with two attached hydrogens (primary N) is 1. The van der Waals surface area contributed by atoms with E-state index >= 15 is 0 Å². The summed E-state index contributed by atoms with van der Waals surface area (Å²) in [6, 6.07) is 0.168. The van der Waals surface area contributed by atoms with Crippen molar-refractivity contribution in [3.05, 3.63) is 0 Å². The van der Waals surface area contributed by atoms with E-state index in [1.54, 1.807) is 4.90 Å². The van der Waals surface area contributed by atoms with E-state index in [0.29, 0.717) is 6.54 Å². The van der Waals surface area contributed by atoms with Gasteiger partial charge in [0.1, 0.15) is 0 Å². The smallest absolute Gasteiger partial charge is 0.223 e. The van der Waals surface area contributed by atoms with Gasteiger partial charge >= 0.3 is 0 Å². The molecule has 1 rings (SSSR count). The van der Waals surface area contributed by atoms with E-state index in [1.165, 1.54) is 0 Å². The van der Waals surface area contributed by atoms with Crippen LogP contribution in [0, 0.1) is 5.92 Å². The lowest BCUT2D eigenvalue weighted by Crippen LogP contribution is -2.33. The minimum Gasteiger partial charge on any atom is -0.369 e. The SMILES string of the molecule is CC(C)N1C[C@H](C(N)=O)CC1=O. The lowest BCUT2D eigenvalue weighted by atomic mass is 10.1. The summed E-state index contributed by atoms with van der Waals surface area (Å²) in [5.74, 6) is -0.611. The number of hydrogen-bond donors (Lipinski definition) is 1. The van der Waals surface area contributed by atoms with Crippen molar-refractivity contribution in [2.75, 3.05) is 6.54 Å². The average molecular weight is 170 g/mol. The molecule has 2 N–H and O–H groups in total. The van der Waals surface area contributed by atoms with Crippen molar-refractivity contribution < 1.29 is 9.59 Å². The molecular formula is C8H14N2O2. The molecule has 0 saturated carbocycles. The second-order valence-corrected chi connectivity index (χ2v) is 3.44. The first-order valence-corrected chi connectivity index (χ1v) is 4.11. The Hall–Kier alpha value is -1.06. The summed E-state index contributed by atoms with van der Waals surface area (Å²) in [7, 11) is 0. The summed E-state index contributed by atoms with van der Waals surface area (Å²) in [6.07, 6.45) is 0.285. The van der Waals surface area contributed by atoms with Crippen LogP contribution in [0.4, 0.5) is 0 Å². The Morgan fingerprint density at radius 1 is 1.67 bits per heavy atom. The third kappa shape index (κ3) is 1.57. The molecule has 2 amide bonds. The van der Waals surface area contributed by atoms with Crippen molar-refractivity contribution in [2.24, 2.45) is 11.7 Å². The molecule has 1 aliphatic heterocycles. The van der Waals surface area contributed by atoms with Gasteiger partial charge in [-0.2, -0.15) is 0 Å². The molecule has 0 aromatic rings. The fourth-order valence-electron chi connectivity index (χ4n) is 1.42. The number of nitrogens with zero attached hydrogens (tertiary/aromatic N) is 1. The van der Waals surface area contributed by atoms with Gasteiger partial charge in [0.05, 0.1) is 5.92 Å². The minimum atomic E-state index is -0.369. The maximum absolute atomic E-state index is 11.2. The molecule has 4 heteroatoms. The van der Waals surface area contributed by atoms with Gasteiger partial charge in [-0.15, -0.1) is 0 Å². The molecule has 1 heterocycles. The Kier molecular flexibility index (Phi) is 2.35. The highest BCUT2D eigenvalue weighted by atomic mass is 16.2. The van der Waals surface area contributed by atoms with Crippen molar-refractivity contribution in [3.63, 3.8) is 0 Å². The summed E-state index contributed by atoms with van der Waals surface area (Å²) >= 11 is 0. The zero-order valence-corrected chi connectivity index (χ0v) is 7.41. The van der Waals surface area contributed by atoms with E-state index in [4.69, 9.17) is 5.73 Å². The molecule has 68 valence electrons. The number of primary amides is 1. The van der Waals surface area contributed by atoms with Gasteiger partial charge in [0.25, 0.3) is 0 Å². The van der Waals surface area contributed by atoms with E-state index in [-0.39, 0.29) is 30.2 Å². The van der Waals surface area contributed by atoms with Crippen LogP contribution in [0.3, 0.4) is 0 Å². The molecule has 4 nitrogen and oxygen atoms in total. The second-order valence-electron chi connectivity index (χ2n) is 3.44. The number of amides is 2. The van der Waals surface area contributed by atoms with Crippen LogP contribution in [-0.4, -0.2) is 29.3 Å². The first-order valence-electron chi connectivity index (χ1n) is 4.11. The van der Waals surface area contributed by atoms with E-state index in [1.807, 2.05) is 13.8 Å². The molecule has 1 saturated heterocycles. The number of likely N-dealkylation sites (tertiary alicyclic amines) is 1. The Bertz CT molecular complexity index is 213. The van der Waals surface area contributed by atoms with Crippen LogP contribution in [0.5, 0.6) is 0 Å². The average Bonchev–Trinajstić information content (AvgIpc) is 2.30. The van der Waals surface area contributed by atoms with Crippen molar-refractivity contribution in [1.82, 2.24) is 4.90 Å². The lowest BCUT2D eigenvalue weighted by molar-refractivity contribution is -0.129. The van der Waals surface area contributed by atoms with Gasteiger partial charge in [0, 0.05) is 19.0 Å². The number of carbonyl (C=O) groups excluding carboxylic acids is 2. The predicted octanol–water partition coefficient (Wildman–Crippen LogP) is -0.271. The van der Waals surface area contributed by atoms with Crippen LogP contribution in [0.15, 0.2) is 0 Å². The molecule has 0 unspecified atom stereocenters. The summed E-state index contributed by atoms with van der Waals surface area (Å²) in [4.78, 5) is 23.7. The largest absolute Gasteiger partial charge is 0.369 e. The fourth-order valence-corrected chi connectivity index (χ4v) is 1.42. The topological polar surface area (TPSA) is 63.4 Å². The molecule has 12 heavy (non-hydrogen) atoms. The van der Waals surface area contributed by atoms with Gasteiger partial charge in [-0.3, -0.25) is 9.59 Å². The first-order chi connectivity index (χ1) is 5.52. The highest BCUT2D eigenvalue weighted by Crippen LogP contribution is 2.19. The van der Waals surface area contributed by atoms with Crippen LogP contribution < -0.4 is 5.73 Å². The van der Waals surface area contributed by atoms with Crippen molar-refractivity contribution >= 4 is 11.8 Å².